The summed E-state index contributed by atoms with van der Waals surface area (Å²) in [4.78, 5) is 11.7. The maximum atomic E-state index is 11.4. The average molecular weight is 285 g/mol. The zero-order chi connectivity index (χ0) is 13.1. The van der Waals surface area contributed by atoms with E-state index in [4.69, 9.17) is 34.3 Å². The van der Waals surface area contributed by atoms with Crippen LogP contribution in [-0.4, -0.2) is 23.5 Å². The number of carbonyl (C=O) groups is 1. The highest BCUT2D eigenvalue weighted by Crippen LogP contribution is 2.25. The van der Waals surface area contributed by atoms with Crippen LogP contribution < -0.4 is 15.8 Å². The van der Waals surface area contributed by atoms with Gasteiger partial charge in [0.2, 0.25) is 0 Å². The molecule has 0 aromatic heterocycles. The fraction of sp³-hybridized carbons (Fsp3) is 0.333. The molecule has 1 aromatic carbocycles. The molecule has 0 atom stereocenters. The summed E-state index contributed by atoms with van der Waals surface area (Å²) in [6.45, 7) is -0.0390. The molecule has 0 unspecified atom stereocenters. The van der Waals surface area contributed by atoms with Gasteiger partial charge >= 0.3 is 0 Å². The third-order valence-corrected chi connectivity index (χ3v) is 3.05. The molecule has 0 radical (unpaired) electrons. The largest absolute Gasteiger partial charge is 0.482 e. The van der Waals surface area contributed by atoms with E-state index in [0.29, 0.717) is 22.4 Å². The Kier molecular flexibility index (Phi) is 4.04. The van der Waals surface area contributed by atoms with Crippen LogP contribution in [-0.2, 0) is 4.79 Å². The molecule has 0 spiro atoms. The minimum Gasteiger partial charge on any atom is -0.482 e. The van der Waals surface area contributed by atoms with Gasteiger partial charge in [-0.25, -0.2) is 0 Å². The third-order valence-electron chi connectivity index (χ3n) is 2.52. The number of hydrogen-bond donors (Lipinski definition) is 2. The molecule has 1 aliphatic carbocycles. The van der Waals surface area contributed by atoms with Crippen LogP contribution in [0.3, 0.4) is 0 Å². The number of rotatable bonds is 5. The topological polar surface area (TPSA) is 64.3 Å². The van der Waals surface area contributed by atoms with E-state index in [1.807, 2.05) is 0 Å². The van der Waals surface area contributed by atoms with Gasteiger partial charge in [0.25, 0.3) is 5.91 Å². The standard InChI is InChI=1S/C12H13ClN2O2S/c13-9-5-7(12(14)18)1-4-10(9)17-6-11(16)15-8-2-3-8/h1,4-5,8H,2-3,6H2,(H2,14,18)(H,15,16). The summed E-state index contributed by atoms with van der Waals surface area (Å²) in [6.07, 6.45) is 2.10. The van der Waals surface area contributed by atoms with Crippen molar-refractivity contribution in [2.75, 3.05) is 6.61 Å². The molecule has 18 heavy (non-hydrogen) atoms. The first-order chi connectivity index (χ1) is 8.56. The fourth-order valence-electron chi connectivity index (χ4n) is 1.41. The average Bonchev–Trinajstić information content (AvgIpc) is 3.11. The molecule has 6 heteroatoms. The van der Waals surface area contributed by atoms with E-state index in [2.05, 4.69) is 5.32 Å². The molecule has 96 valence electrons. The summed E-state index contributed by atoms with van der Waals surface area (Å²) in [5, 5.41) is 3.21. The van der Waals surface area contributed by atoms with Gasteiger partial charge in [0.1, 0.15) is 10.7 Å². The maximum absolute atomic E-state index is 11.4. The SMILES string of the molecule is NC(=S)c1ccc(OCC(=O)NC2CC2)c(Cl)c1. The zero-order valence-electron chi connectivity index (χ0n) is 9.61. The fourth-order valence-corrected chi connectivity index (χ4v) is 1.77. The predicted octanol–water partition coefficient (Wildman–Crippen LogP) is 1.63. The number of nitrogens with two attached hydrogens (primary N) is 1. The minimum absolute atomic E-state index is 0.0390. The highest BCUT2D eigenvalue weighted by atomic mass is 35.5. The first kappa shape index (κ1) is 13.1. The number of benzene rings is 1. The number of nitrogens with one attached hydrogen (secondary N) is 1. The summed E-state index contributed by atoms with van der Waals surface area (Å²) in [5.41, 5.74) is 6.16. The molecule has 1 fully saturated rings. The molecular formula is C12H13ClN2O2S. The first-order valence-electron chi connectivity index (χ1n) is 5.58. The summed E-state index contributed by atoms with van der Waals surface area (Å²) in [5.74, 6) is 0.314. The normalized spacial score (nSPS) is 14.1. The van der Waals surface area contributed by atoms with Crippen LogP contribution >= 0.6 is 23.8 Å². The van der Waals surface area contributed by atoms with Crippen molar-refractivity contribution < 1.29 is 9.53 Å². The Bertz CT molecular complexity index is 489. The lowest BCUT2D eigenvalue weighted by atomic mass is 10.2. The van der Waals surface area contributed by atoms with E-state index < -0.39 is 0 Å². The lowest BCUT2D eigenvalue weighted by molar-refractivity contribution is -0.123. The van der Waals surface area contributed by atoms with Gasteiger partial charge in [0, 0.05) is 11.6 Å². The van der Waals surface area contributed by atoms with Gasteiger partial charge in [-0.05, 0) is 31.0 Å². The van der Waals surface area contributed by atoms with Crippen LogP contribution in [0.4, 0.5) is 0 Å². The van der Waals surface area contributed by atoms with Crippen LogP contribution in [0.25, 0.3) is 0 Å². The Morgan fingerprint density at radius 3 is 2.83 bits per heavy atom. The van der Waals surface area contributed by atoms with Crippen LogP contribution in [0.2, 0.25) is 5.02 Å². The Hall–Kier alpha value is -1.33. The molecule has 0 bridgehead atoms. The van der Waals surface area contributed by atoms with Crippen molar-refractivity contribution in [2.45, 2.75) is 18.9 Å². The summed E-state index contributed by atoms with van der Waals surface area (Å²) in [6, 6.07) is 5.32. The first-order valence-corrected chi connectivity index (χ1v) is 6.36. The van der Waals surface area contributed by atoms with Gasteiger partial charge in [-0.2, -0.15) is 0 Å². The lowest BCUT2D eigenvalue weighted by Crippen LogP contribution is -2.30. The molecule has 0 saturated heterocycles. The monoisotopic (exact) mass is 284 g/mol. The number of carbonyl (C=O) groups excluding carboxylic acids is 1. The Morgan fingerprint density at radius 2 is 2.28 bits per heavy atom. The van der Waals surface area contributed by atoms with Crippen LogP contribution in [0.1, 0.15) is 18.4 Å². The van der Waals surface area contributed by atoms with Crippen LogP contribution in [0, 0.1) is 0 Å². The Balaban J connectivity index is 1.92. The van der Waals surface area contributed by atoms with Crippen molar-refractivity contribution >= 4 is 34.7 Å². The molecule has 0 heterocycles. The number of amides is 1. The van der Waals surface area contributed by atoms with E-state index in [-0.39, 0.29) is 17.5 Å². The second-order valence-electron chi connectivity index (χ2n) is 4.14. The lowest BCUT2D eigenvalue weighted by Gasteiger charge is -2.09. The van der Waals surface area contributed by atoms with Crippen molar-refractivity contribution in [1.82, 2.24) is 5.32 Å². The minimum atomic E-state index is -0.132. The number of hydrogen-bond acceptors (Lipinski definition) is 3. The predicted molar refractivity (Wildman–Crippen MR) is 74.0 cm³/mol. The molecular weight excluding hydrogens is 272 g/mol. The van der Waals surface area contributed by atoms with E-state index in [1.54, 1.807) is 18.2 Å². The van der Waals surface area contributed by atoms with E-state index in [9.17, 15) is 4.79 Å². The van der Waals surface area contributed by atoms with Crippen molar-refractivity contribution in [1.29, 1.82) is 0 Å². The summed E-state index contributed by atoms with van der Waals surface area (Å²) >= 11 is 10.8. The van der Waals surface area contributed by atoms with Crippen LogP contribution in [0.15, 0.2) is 18.2 Å². The van der Waals surface area contributed by atoms with Gasteiger partial charge in [-0.1, -0.05) is 23.8 Å². The van der Waals surface area contributed by atoms with Crippen LogP contribution in [0.5, 0.6) is 5.75 Å². The van der Waals surface area contributed by atoms with E-state index >= 15 is 0 Å². The highest BCUT2D eigenvalue weighted by molar-refractivity contribution is 7.80. The van der Waals surface area contributed by atoms with Gasteiger partial charge in [0.05, 0.1) is 5.02 Å². The van der Waals surface area contributed by atoms with E-state index in [1.165, 1.54) is 0 Å². The molecule has 1 amide bonds. The zero-order valence-corrected chi connectivity index (χ0v) is 11.2. The Labute approximate surface area is 115 Å². The van der Waals surface area contributed by atoms with Gasteiger partial charge in [-0.15, -0.1) is 0 Å². The second kappa shape index (κ2) is 5.54. The Morgan fingerprint density at radius 1 is 1.56 bits per heavy atom. The number of ether oxygens (including phenoxy) is 1. The smallest absolute Gasteiger partial charge is 0.258 e. The molecule has 1 aromatic rings. The molecule has 0 aliphatic heterocycles. The molecule has 1 aliphatic rings. The highest BCUT2D eigenvalue weighted by Gasteiger charge is 2.23. The number of thiocarbonyl (C=S) groups is 1. The number of halogens is 1. The van der Waals surface area contributed by atoms with Gasteiger partial charge < -0.3 is 15.8 Å². The second-order valence-corrected chi connectivity index (χ2v) is 4.99. The molecule has 2 rings (SSSR count). The molecule has 1 saturated carbocycles. The maximum Gasteiger partial charge on any atom is 0.258 e. The van der Waals surface area contributed by atoms with Crippen molar-refractivity contribution in [3.8, 4) is 5.75 Å². The molecule has 3 N–H and O–H groups in total. The van der Waals surface area contributed by atoms with Gasteiger partial charge in [-0.3, -0.25) is 4.79 Å². The van der Waals surface area contributed by atoms with Gasteiger partial charge in [0.15, 0.2) is 6.61 Å². The van der Waals surface area contributed by atoms with E-state index in [0.717, 1.165) is 12.8 Å². The summed E-state index contributed by atoms with van der Waals surface area (Å²) < 4.78 is 5.33. The van der Waals surface area contributed by atoms with Crippen molar-refractivity contribution in [3.63, 3.8) is 0 Å². The third kappa shape index (κ3) is 3.58. The molecule has 4 nitrogen and oxygen atoms in total. The summed E-state index contributed by atoms with van der Waals surface area (Å²) in [7, 11) is 0. The van der Waals surface area contributed by atoms with Crippen molar-refractivity contribution in [2.24, 2.45) is 5.73 Å². The quantitative estimate of drug-likeness (QED) is 0.807. The van der Waals surface area contributed by atoms with Crippen molar-refractivity contribution in [3.05, 3.63) is 28.8 Å².